The Morgan fingerprint density at radius 3 is 2.92 bits per heavy atom. The van der Waals surface area contributed by atoms with Crippen LogP contribution in [-0.4, -0.2) is 9.52 Å². The molecule has 0 aromatic heterocycles. The van der Waals surface area contributed by atoms with E-state index in [9.17, 15) is 0 Å². The standard InChI is InChI=1S/C11H12Si/c1-8-3-4-9-5-6-11(12-2)10(9)7-8/h3-7,11H,1-2H3. The predicted molar refractivity (Wildman–Crippen MR) is 54.6 cm³/mol. The second kappa shape index (κ2) is 2.90. The number of aryl methyl sites for hydroxylation is 1. The van der Waals surface area contributed by atoms with Crippen molar-refractivity contribution in [3.63, 3.8) is 0 Å². The Balaban J connectivity index is 2.48. The van der Waals surface area contributed by atoms with Gasteiger partial charge in [0.2, 0.25) is 0 Å². The molecule has 1 aromatic carbocycles. The van der Waals surface area contributed by atoms with Crippen LogP contribution in [0, 0.1) is 6.92 Å². The summed E-state index contributed by atoms with van der Waals surface area (Å²) in [6.07, 6.45) is 4.57. The Bertz CT molecular complexity index is 326. The Hall–Kier alpha value is -0.823. The van der Waals surface area contributed by atoms with E-state index >= 15 is 0 Å². The fourth-order valence-electron chi connectivity index (χ4n) is 1.67. The summed E-state index contributed by atoms with van der Waals surface area (Å²) in [6, 6.07) is 6.72. The zero-order valence-corrected chi connectivity index (χ0v) is 8.46. The van der Waals surface area contributed by atoms with Gasteiger partial charge in [-0.1, -0.05) is 42.5 Å². The van der Waals surface area contributed by atoms with Gasteiger partial charge in [-0.3, -0.25) is 0 Å². The van der Waals surface area contributed by atoms with E-state index in [0.717, 1.165) is 9.52 Å². The lowest BCUT2D eigenvalue weighted by molar-refractivity contribution is 1.21. The van der Waals surface area contributed by atoms with E-state index in [0.29, 0.717) is 5.54 Å². The van der Waals surface area contributed by atoms with Crippen molar-refractivity contribution in [2.24, 2.45) is 0 Å². The second-order valence-electron chi connectivity index (χ2n) is 3.26. The zero-order chi connectivity index (χ0) is 8.55. The van der Waals surface area contributed by atoms with Crippen LogP contribution in [0.5, 0.6) is 0 Å². The Morgan fingerprint density at radius 1 is 1.33 bits per heavy atom. The number of benzene rings is 1. The Labute approximate surface area is 76.1 Å². The lowest BCUT2D eigenvalue weighted by Crippen LogP contribution is -1.99. The molecule has 2 rings (SSSR count). The van der Waals surface area contributed by atoms with Crippen molar-refractivity contribution in [2.75, 3.05) is 0 Å². The second-order valence-corrected chi connectivity index (χ2v) is 4.46. The van der Waals surface area contributed by atoms with Crippen LogP contribution in [0.15, 0.2) is 24.3 Å². The topological polar surface area (TPSA) is 0 Å². The molecule has 2 radical (unpaired) electrons. The van der Waals surface area contributed by atoms with Crippen molar-refractivity contribution in [2.45, 2.75) is 19.0 Å². The number of fused-ring (bicyclic) bond motifs is 1. The average Bonchev–Trinajstić information content (AvgIpc) is 2.46. The van der Waals surface area contributed by atoms with Crippen LogP contribution in [0.2, 0.25) is 6.55 Å². The predicted octanol–water partition coefficient (Wildman–Crippen LogP) is 2.82. The highest BCUT2D eigenvalue weighted by atomic mass is 28.2. The van der Waals surface area contributed by atoms with Crippen LogP contribution in [-0.2, 0) is 0 Å². The molecule has 0 N–H and O–H groups in total. The van der Waals surface area contributed by atoms with Crippen LogP contribution in [0.1, 0.15) is 22.2 Å². The van der Waals surface area contributed by atoms with E-state index in [-0.39, 0.29) is 0 Å². The summed E-state index contributed by atoms with van der Waals surface area (Å²) in [6.45, 7) is 4.43. The van der Waals surface area contributed by atoms with Crippen LogP contribution in [0.3, 0.4) is 0 Å². The maximum Gasteiger partial charge on any atom is 0.0492 e. The molecular formula is C11H12Si. The summed E-state index contributed by atoms with van der Waals surface area (Å²) < 4.78 is 0. The largest absolute Gasteiger partial charge is 0.0797 e. The summed E-state index contributed by atoms with van der Waals surface area (Å²) >= 11 is 0. The summed E-state index contributed by atoms with van der Waals surface area (Å²) in [7, 11) is 0.988. The summed E-state index contributed by atoms with van der Waals surface area (Å²) in [5, 5.41) is 0. The van der Waals surface area contributed by atoms with E-state index in [1.165, 1.54) is 16.7 Å². The summed E-state index contributed by atoms with van der Waals surface area (Å²) in [5.41, 5.74) is 5.01. The summed E-state index contributed by atoms with van der Waals surface area (Å²) in [4.78, 5) is 0. The highest BCUT2D eigenvalue weighted by molar-refractivity contribution is 6.37. The first-order chi connectivity index (χ1) is 5.81. The molecule has 0 spiro atoms. The van der Waals surface area contributed by atoms with E-state index < -0.39 is 0 Å². The molecule has 1 aromatic rings. The molecular weight excluding hydrogens is 160 g/mol. The third-order valence-corrected chi connectivity index (χ3v) is 3.48. The number of rotatable bonds is 1. The third-order valence-electron chi connectivity index (χ3n) is 2.36. The quantitative estimate of drug-likeness (QED) is 0.571. The van der Waals surface area contributed by atoms with Gasteiger partial charge >= 0.3 is 0 Å². The number of hydrogen-bond donors (Lipinski definition) is 0. The van der Waals surface area contributed by atoms with Gasteiger partial charge in [0.15, 0.2) is 0 Å². The van der Waals surface area contributed by atoms with Crippen molar-refractivity contribution in [3.8, 4) is 0 Å². The summed E-state index contributed by atoms with van der Waals surface area (Å²) in [5.74, 6) is 0. The molecule has 1 aliphatic carbocycles. The van der Waals surface area contributed by atoms with Crippen LogP contribution < -0.4 is 0 Å². The van der Waals surface area contributed by atoms with Gasteiger partial charge in [-0.15, -0.1) is 0 Å². The molecule has 1 aliphatic rings. The maximum absolute atomic E-state index is 2.32. The van der Waals surface area contributed by atoms with E-state index in [2.05, 4.69) is 43.8 Å². The van der Waals surface area contributed by atoms with Crippen LogP contribution in [0.25, 0.3) is 6.08 Å². The zero-order valence-electron chi connectivity index (χ0n) is 7.46. The molecule has 0 amide bonds. The highest BCUT2D eigenvalue weighted by Crippen LogP contribution is 2.29. The van der Waals surface area contributed by atoms with Gasteiger partial charge < -0.3 is 0 Å². The molecule has 0 saturated carbocycles. The number of allylic oxidation sites excluding steroid dienone is 1. The van der Waals surface area contributed by atoms with Crippen molar-refractivity contribution in [3.05, 3.63) is 41.0 Å². The Kier molecular flexibility index (Phi) is 1.89. The maximum atomic E-state index is 2.32. The van der Waals surface area contributed by atoms with Crippen molar-refractivity contribution >= 4 is 15.6 Å². The highest BCUT2D eigenvalue weighted by Gasteiger charge is 2.14. The van der Waals surface area contributed by atoms with E-state index in [4.69, 9.17) is 0 Å². The van der Waals surface area contributed by atoms with Gasteiger partial charge in [-0.25, -0.2) is 0 Å². The fraction of sp³-hybridized carbons (Fsp3) is 0.273. The molecule has 0 nitrogen and oxygen atoms in total. The first kappa shape index (κ1) is 7.81. The van der Waals surface area contributed by atoms with Gasteiger partial charge in [-0.05, 0) is 23.6 Å². The molecule has 0 saturated heterocycles. The minimum Gasteiger partial charge on any atom is -0.0797 e. The molecule has 0 bridgehead atoms. The van der Waals surface area contributed by atoms with Crippen molar-refractivity contribution in [1.82, 2.24) is 0 Å². The minimum absolute atomic E-state index is 0.694. The molecule has 12 heavy (non-hydrogen) atoms. The van der Waals surface area contributed by atoms with E-state index in [1.807, 2.05) is 0 Å². The third kappa shape index (κ3) is 1.14. The first-order valence-corrected chi connectivity index (χ1v) is 5.85. The lowest BCUT2D eigenvalue weighted by atomic mass is 10.1. The molecule has 0 aliphatic heterocycles. The first-order valence-electron chi connectivity index (χ1n) is 4.27. The molecule has 1 heteroatoms. The minimum atomic E-state index is 0.694. The van der Waals surface area contributed by atoms with Crippen LogP contribution in [0.4, 0.5) is 0 Å². The van der Waals surface area contributed by atoms with Gasteiger partial charge in [0.25, 0.3) is 0 Å². The Morgan fingerprint density at radius 2 is 2.17 bits per heavy atom. The lowest BCUT2D eigenvalue weighted by Gasteiger charge is -2.07. The van der Waals surface area contributed by atoms with E-state index in [1.54, 1.807) is 0 Å². The van der Waals surface area contributed by atoms with Gasteiger partial charge in [0.1, 0.15) is 0 Å². The van der Waals surface area contributed by atoms with Crippen LogP contribution >= 0.6 is 0 Å². The van der Waals surface area contributed by atoms with Crippen molar-refractivity contribution < 1.29 is 0 Å². The fourth-order valence-corrected chi connectivity index (χ4v) is 2.52. The van der Waals surface area contributed by atoms with Gasteiger partial charge in [-0.2, -0.15) is 0 Å². The normalized spacial score (nSPS) is 19.7. The molecule has 1 unspecified atom stereocenters. The molecule has 60 valence electrons. The number of hydrogen-bond acceptors (Lipinski definition) is 0. The average molecular weight is 172 g/mol. The molecule has 0 fully saturated rings. The van der Waals surface area contributed by atoms with Gasteiger partial charge in [0, 0.05) is 9.52 Å². The SMILES string of the molecule is C[Si]C1C=Cc2ccc(C)cc21. The molecule has 1 atom stereocenters. The van der Waals surface area contributed by atoms with Crippen molar-refractivity contribution in [1.29, 1.82) is 0 Å². The smallest absolute Gasteiger partial charge is 0.0492 e. The molecule has 0 heterocycles. The monoisotopic (exact) mass is 172 g/mol. The van der Waals surface area contributed by atoms with Gasteiger partial charge in [0.05, 0.1) is 0 Å².